The Kier molecular flexibility index (Phi) is 6.96. The molecule has 3 N–H and O–H groups in total. The van der Waals surface area contributed by atoms with Crippen LogP contribution in [0.25, 0.3) is 0 Å². The van der Waals surface area contributed by atoms with E-state index in [2.05, 4.69) is 5.32 Å². The smallest absolute Gasteiger partial charge is 0.255 e. The molecule has 1 atom stereocenters. The number of carbonyl (C=O) groups is 1. The molecule has 146 valence electrons. The molecule has 1 unspecified atom stereocenters. The maximum absolute atomic E-state index is 12.6. The van der Waals surface area contributed by atoms with E-state index >= 15 is 0 Å². The molecule has 0 bridgehead atoms. The number of nitrogens with zero attached hydrogens (tertiary/aromatic N) is 1. The lowest BCUT2D eigenvalue weighted by molar-refractivity contribution is 0.0826. The van der Waals surface area contributed by atoms with Crippen molar-refractivity contribution in [3.8, 4) is 0 Å². The Morgan fingerprint density at radius 2 is 1.96 bits per heavy atom. The van der Waals surface area contributed by atoms with Crippen LogP contribution in [0.1, 0.15) is 15.9 Å². The molecule has 7 nitrogen and oxygen atoms in total. The molecule has 2 aromatic rings. The summed E-state index contributed by atoms with van der Waals surface area (Å²) in [6.07, 6.45) is -1.19. The summed E-state index contributed by atoms with van der Waals surface area (Å²) in [7, 11) is -2.64. The van der Waals surface area contributed by atoms with Crippen molar-refractivity contribution >= 4 is 33.2 Å². The number of anilines is 1. The maximum atomic E-state index is 12.6. The summed E-state index contributed by atoms with van der Waals surface area (Å²) in [5.74, 6) is -0.481. The lowest BCUT2D eigenvalue weighted by atomic mass is 10.2. The van der Waals surface area contributed by atoms with Gasteiger partial charge < -0.3 is 15.5 Å². The topological polar surface area (TPSA) is 107 Å². The van der Waals surface area contributed by atoms with E-state index in [4.69, 9.17) is 16.7 Å². The van der Waals surface area contributed by atoms with Gasteiger partial charge in [-0.1, -0.05) is 23.7 Å². The number of aliphatic hydroxyl groups excluding tert-OH is 2. The van der Waals surface area contributed by atoms with Crippen LogP contribution >= 0.6 is 11.6 Å². The van der Waals surface area contributed by atoms with Crippen LogP contribution < -0.4 is 5.32 Å². The van der Waals surface area contributed by atoms with Crippen molar-refractivity contribution < 1.29 is 23.4 Å². The molecule has 0 aliphatic rings. The molecular formula is C18H21ClN2O5S. The normalized spacial score (nSPS) is 12.8. The highest BCUT2D eigenvalue weighted by Gasteiger charge is 2.23. The highest BCUT2D eigenvalue weighted by Crippen LogP contribution is 2.21. The molecule has 27 heavy (non-hydrogen) atoms. The van der Waals surface area contributed by atoms with Crippen LogP contribution in [0.3, 0.4) is 0 Å². The molecule has 0 saturated heterocycles. The minimum Gasteiger partial charge on any atom is -0.394 e. The number of aliphatic hydroxyl groups is 2. The van der Waals surface area contributed by atoms with Crippen LogP contribution in [0.4, 0.5) is 5.69 Å². The van der Waals surface area contributed by atoms with Gasteiger partial charge in [0, 0.05) is 29.9 Å². The number of nitrogens with one attached hydrogen (secondary N) is 1. The summed E-state index contributed by atoms with van der Waals surface area (Å²) in [4.78, 5) is 12.4. The van der Waals surface area contributed by atoms with Gasteiger partial charge in [-0.15, -0.1) is 0 Å². The van der Waals surface area contributed by atoms with Crippen molar-refractivity contribution in [3.05, 3.63) is 58.6 Å². The summed E-state index contributed by atoms with van der Waals surface area (Å²) in [6.45, 7) is 1.02. The summed E-state index contributed by atoms with van der Waals surface area (Å²) < 4.78 is 26.1. The van der Waals surface area contributed by atoms with Crippen molar-refractivity contribution in [2.24, 2.45) is 0 Å². The van der Waals surface area contributed by atoms with E-state index < -0.39 is 28.6 Å². The molecular weight excluding hydrogens is 392 g/mol. The Balaban J connectivity index is 2.23. The van der Waals surface area contributed by atoms with Crippen molar-refractivity contribution in [1.29, 1.82) is 0 Å². The van der Waals surface area contributed by atoms with Gasteiger partial charge in [0.2, 0.25) is 10.0 Å². The number of aryl methyl sites for hydroxylation is 1. The molecule has 0 saturated carbocycles. The highest BCUT2D eigenvalue weighted by molar-refractivity contribution is 7.89. The van der Waals surface area contributed by atoms with Crippen molar-refractivity contribution in [2.75, 3.05) is 25.5 Å². The zero-order valence-corrected chi connectivity index (χ0v) is 16.5. The molecule has 0 fully saturated rings. The zero-order valence-electron chi connectivity index (χ0n) is 14.9. The van der Waals surface area contributed by atoms with E-state index in [9.17, 15) is 18.3 Å². The first-order valence-electron chi connectivity index (χ1n) is 8.08. The standard InChI is InChI=1S/C18H21ClN2O5S/c1-12-6-7-14(9-17(12)19)20-18(24)13-4-3-5-16(8-13)27(25,26)21(2)10-15(23)11-22/h3-9,15,22-23H,10-11H2,1-2H3,(H,20,24). The van der Waals surface area contributed by atoms with Gasteiger partial charge in [0.05, 0.1) is 17.6 Å². The number of sulfonamides is 1. The second-order valence-corrected chi connectivity index (χ2v) is 8.52. The molecule has 9 heteroatoms. The fourth-order valence-electron chi connectivity index (χ4n) is 2.30. The summed E-state index contributed by atoms with van der Waals surface area (Å²) in [5.41, 5.74) is 1.52. The van der Waals surface area contributed by atoms with E-state index in [0.29, 0.717) is 10.7 Å². The van der Waals surface area contributed by atoms with E-state index in [1.54, 1.807) is 18.2 Å². The lowest BCUT2D eigenvalue weighted by Gasteiger charge is -2.19. The summed E-state index contributed by atoms with van der Waals surface area (Å²) in [6, 6.07) is 10.6. The average Bonchev–Trinajstić information content (AvgIpc) is 2.64. The van der Waals surface area contributed by atoms with E-state index in [0.717, 1.165) is 9.87 Å². The van der Waals surface area contributed by atoms with Crippen LogP contribution in [0.2, 0.25) is 5.02 Å². The largest absolute Gasteiger partial charge is 0.394 e. The van der Waals surface area contributed by atoms with Crippen LogP contribution in [0, 0.1) is 6.92 Å². The second-order valence-electron chi connectivity index (χ2n) is 6.07. The van der Waals surface area contributed by atoms with Crippen LogP contribution in [0.15, 0.2) is 47.4 Å². The first-order valence-corrected chi connectivity index (χ1v) is 9.89. The first kappa shape index (κ1) is 21.3. The van der Waals surface area contributed by atoms with Crippen LogP contribution in [-0.2, 0) is 10.0 Å². The summed E-state index contributed by atoms with van der Waals surface area (Å²) in [5, 5.41) is 21.5. The lowest BCUT2D eigenvalue weighted by Crippen LogP contribution is -2.35. The minimum absolute atomic E-state index is 0.0928. The van der Waals surface area contributed by atoms with Crippen molar-refractivity contribution in [3.63, 3.8) is 0 Å². The molecule has 0 aliphatic heterocycles. The van der Waals surface area contributed by atoms with E-state index in [1.807, 2.05) is 6.92 Å². The number of halogens is 1. The number of hydrogen-bond donors (Lipinski definition) is 3. The number of rotatable bonds is 7. The van der Waals surface area contributed by atoms with Gasteiger partial charge >= 0.3 is 0 Å². The van der Waals surface area contributed by atoms with Crippen LogP contribution in [0.5, 0.6) is 0 Å². The van der Waals surface area contributed by atoms with Gasteiger partial charge in [-0.2, -0.15) is 4.31 Å². The Morgan fingerprint density at radius 1 is 1.26 bits per heavy atom. The number of amides is 1. The van der Waals surface area contributed by atoms with Gasteiger partial charge in [-0.3, -0.25) is 4.79 Å². The third-order valence-corrected chi connectivity index (χ3v) is 6.14. The Hall–Kier alpha value is -1.97. The molecule has 0 aromatic heterocycles. The number of carbonyl (C=O) groups excluding carboxylic acids is 1. The SMILES string of the molecule is Cc1ccc(NC(=O)c2cccc(S(=O)(=O)N(C)CC(O)CO)c2)cc1Cl. The number of benzene rings is 2. The monoisotopic (exact) mass is 412 g/mol. The molecule has 1 amide bonds. The van der Waals surface area contributed by atoms with Gasteiger partial charge in [-0.05, 0) is 42.8 Å². The molecule has 2 aromatic carbocycles. The van der Waals surface area contributed by atoms with Gasteiger partial charge in [-0.25, -0.2) is 8.42 Å². The number of hydrogen-bond acceptors (Lipinski definition) is 5. The fraction of sp³-hybridized carbons (Fsp3) is 0.278. The summed E-state index contributed by atoms with van der Waals surface area (Å²) >= 11 is 6.04. The highest BCUT2D eigenvalue weighted by atomic mass is 35.5. The Bertz CT molecular complexity index is 933. The van der Waals surface area contributed by atoms with E-state index in [1.165, 1.54) is 31.3 Å². The van der Waals surface area contributed by atoms with Crippen molar-refractivity contribution in [2.45, 2.75) is 17.9 Å². The maximum Gasteiger partial charge on any atom is 0.255 e. The molecule has 0 aliphatic carbocycles. The first-order chi connectivity index (χ1) is 12.6. The second kappa shape index (κ2) is 8.81. The molecule has 0 heterocycles. The zero-order chi connectivity index (χ0) is 20.2. The third-order valence-electron chi connectivity index (χ3n) is 3.91. The van der Waals surface area contributed by atoms with Crippen LogP contribution in [-0.4, -0.2) is 55.1 Å². The Morgan fingerprint density at radius 3 is 2.59 bits per heavy atom. The predicted octanol–water partition coefficient (Wildman–Crippen LogP) is 1.87. The minimum atomic E-state index is -3.92. The molecule has 2 rings (SSSR count). The third kappa shape index (κ3) is 5.27. The van der Waals surface area contributed by atoms with E-state index in [-0.39, 0.29) is 17.0 Å². The Labute approximate surface area is 163 Å². The molecule has 0 spiro atoms. The van der Waals surface area contributed by atoms with Gasteiger partial charge in [0.15, 0.2) is 0 Å². The quantitative estimate of drug-likeness (QED) is 0.643. The number of likely N-dealkylation sites (N-methyl/N-ethyl adjacent to an activating group) is 1. The fourth-order valence-corrected chi connectivity index (χ4v) is 3.74. The van der Waals surface area contributed by atoms with Crippen molar-refractivity contribution in [1.82, 2.24) is 4.31 Å². The van der Waals surface area contributed by atoms with Gasteiger partial charge in [0.25, 0.3) is 5.91 Å². The predicted molar refractivity (Wildman–Crippen MR) is 103 cm³/mol. The molecule has 0 radical (unpaired) electrons. The van der Waals surface area contributed by atoms with Gasteiger partial charge in [0.1, 0.15) is 0 Å². The average molecular weight is 413 g/mol.